The quantitative estimate of drug-likeness (QED) is 0.732. The highest BCUT2D eigenvalue weighted by Crippen LogP contribution is 2.17. The van der Waals surface area contributed by atoms with Crippen LogP contribution in [0.3, 0.4) is 0 Å². The van der Waals surface area contributed by atoms with Crippen molar-refractivity contribution < 1.29 is 9.47 Å². The van der Waals surface area contributed by atoms with Crippen molar-refractivity contribution in [3.05, 3.63) is 24.3 Å². The zero-order chi connectivity index (χ0) is 13.5. The molecule has 0 saturated heterocycles. The second-order valence-electron chi connectivity index (χ2n) is 3.84. The predicted octanol–water partition coefficient (Wildman–Crippen LogP) is 1.26. The molecule has 0 fully saturated rings. The Morgan fingerprint density at radius 2 is 1.95 bits per heavy atom. The van der Waals surface area contributed by atoms with Gasteiger partial charge in [0.25, 0.3) is 0 Å². The number of H-pyrrole nitrogens is 1. The molecule has 7 heteroatoms. The molecule has 2 aromatic heterocycles. The molecule has 102 valence electrons. The van der Waals surface area contributed by atoms with Crippen LogP contribution in [0.2, 0.25) is 0 Å². The van der Waals surface area contributed by atoms with E-state index in [0.29, 0.717) is 17.7 Å². The number of hydrogen-bond acceptors (Lipinski definition) is 6. The van der Waals surface area contributed by atoms with Gasteiger partial charge in [0.05, 0.1) is 20.3 Å². The molecule has 0 radical (unpaired) electrons. The maximum Gasteiger partial charge on any atom is 0.229 e. The van der Waals surface area contributed by atoms with Gasteiger partial charge in [0.2, 0.25) is 17.7 Å². The Bertz CT molecular complexity index is 479. The van der Waals surface area contributed by atoms with Crippen LogP contribution in [0.4, 0.5) is 5.95 Å². The number of anilines is 1. The maximum absolute atomic E-state index is 5.08. The third kappa shape index (κ3) is 3.84. The van der Waals surface area contributed by atoms with Crippen molar-refractivity contribution >= 4 is 5.95 Å². The van der Waals surface area contributed by atoms with E-state index >= 15 is 0 Å². The lowest BCUT2D eigenvalue weighted by molar-refractivity contribution is 0.373. The van der Waals surface area contributed by atoms with E-state index in [1.54, 1.807) is 26.5 Å². The number of ether oxygens (including phenoxy) is 2. The summed E-state index contributed by atoms with van der Waals surface area (Å²) >= 11 is 0. The van der Waals surface area contributed by atoms with Crippen molar-refractivity contribution in [3.63, 3.8) is 0 Å². The molecule has 2 N–H and O–H groups in total. The highest BCUT2D eigenvalue weighted by atomic mass is 16.5. The summed E-state index contributed by atoms with van der Waals surface area (Å²) in [6.07, 6.45) is 5.37. The van der Waals surface area contributed by atoms with E-state index in [0.717, 1.165) is 25.2 Å². The number of methoxy groups -OCH3 is 2. The van der Waals surface area contributed by atoms with Crippen LogP contribution in [0.1, 0.15) is 12.2 Å². The molecule has 0 atom stereocenters. The highest BCUT2D eigenvalue weighted by molar-refractivity contribution is 5.33. The Kier molecular flexibility index (Phi) is 4.54. The summed E-state index contributed by atoms with van der Waals surface area (Å²) in [5.41, 5.74) is 0. The average Bonchev–Trinajstić information content (AvgIpc) is 2.96. The average molecular weight is 263 g/mol. The summed E-state index contributed by atoms with van der Waals surface area (Å²) < 4.78 is 10.2. The molecular formula is C12H17N5O2. The summed E-state index contributed by atoms with van der Waals surface area (Å²) in [6.45, 7) is 0.747. The normalized spacial score (nSPS) is 10.2. The van der Waals surface area contributed by atoms with Gasteiger partial charge in [-0.2, -0.15) is 9.97 Å². The van der Waals surface area contributed by atoms with Gasteiger partial charge in [-0.15, -0.1) is 0 Å². The van der Waals surface area contributed by atoms with Crippen molar-refractivity contribution in [1.29, 1.82) is 0 Å². The van der Waals surface area contributed by atoms with E-state index in [1.165, 1.54) is 0 Å². The lowest BCUT2D eigenvalue weighted by atomic mass is 10.3. The van der Waals surface area contributed by atoms with Crippen LogP contribution in [-0.2, 0) is 6.42 Å². The van der Waals surface area contributed by atoms with E-state index in [9.17, 15) is 0 Å². The van der Waals surface area contributed by atoms with Gasteiger partial charge in [0.15, 0.2) is 0 Å². The molecule has 0 aliphatic rings. The Morgan fingerprint density at radius 3 is 2.53 bits per heavy atom. The van der Waals surface area contributed by atoms with Gasteiger partial charge in [-0.1, -0.05) is 0 Å². The molecule has 0 saturated carbocycles. The van der Waals surface area contributed by atoms with Gasteiger partial charge in [0.1, 0.15) is 5.82 Å². The monoisotopic (exact) mass is 263 g/mol. The minimum Gasteiger partial charge on any atom is -0.481 e. The number of nitrogens with one attached hydrogen (secondary N) is 2. The first-order valence-corrected chi connectivity index (χ1v) is 6.01. The van der Waals surface area contributed by atoms with Crippen LogP contribution in [-0.4, -0.2) is 40.7 Å². The van der Waals surface area contributed by atoms with Crippen LogP contribution >= 0.6 is 0 Å². The maximum atomic E-state index is 5.08. The Labute approximate surface area is 111 Å². The van der Waals surface area contributed by atoms with Gasteiger partial charge >= 0.3 is 0 Å². The number of hydrogen-bond donors (Lipinski definition) is 2. The summed E-state index contributed by atoms with van der Waals surface area (Å²) in [5, 5.41) is 3.13. The number of imidazole rings is 1. The Morgan fingerprint density at radius 1 is 1.21 bits per heavy atom. The lowest BCUT2D eigenvalue weighted by Gasteiger charge is -2.07. The molecule has 0 aliphatic heterocycles. The fourth-order valence-corrected chi connectivity index (χ4v) is 1.58. The highest BCUT2D eigenvalue weighted by Gasteiger charge is 2.04. The third-order valence-electron chi connectivity index (χ3n) is 2.53. The van der Waals surface area contributed by atoms with Crippen molar-refractivity contribution in [1.82, 2.24) is 19.9 Å². The predicted molar refractivity (Wildman–Crippen MR) is 70.5 cm³/mol. The van der Waals surface area contributed by atoms with Crippen molar-refractivity contribution in [2.24, 2.45) is 0 Å². The van der Waals surface area contributed by atoms with Crippen LogP contribution in [0, 0.1) is 0 Å². The molecule has 2 rings (SSSR count). The fraction of sp³-hybridized carbons (Fsp3) is 0.417. The first kappa shape index (κ1) is 13.1. The summed E-state index contributed by atoms with van der Waals surface area (Å²) in [7, 11) is 3.12. The number of nitrogens with zero attached hydrogens (tertiary/aromatic N) is 3. The Hall–Kier alpha value is -2.31. The van der Waals surface area contributed by atoms with E-state index in [1.807, 2.05) is 6.20 Å². The molecule has 0 unspecified atom stereocenters. The van der Waals surface area contributed by atoms with E-state index in [2.05, 4.69) is 25.3 Å². The summed E-state index contributed by atoms with van der Waals surface area (Å²) in [5.74, 6) is 2.42. The number of aromatic amines is 1. The van der Waals surface area contributed by atoms with E-state index in [-0.39, 0.29) is 0 Å². The van der Waals surface area contributed by atoms with E-state index < -0.39 is 0 Å². The van der Waals surface area contributed by atoms with Gasteiger partial charge in [-0.25, -0.2) is 4.98 Å². The molecule has 0 amide bonds. The number of aryl methyl sites for hydroxylation is 1. The minimum absolute atomic E-state index is 0.473. The van der Waals surface area contributed by atoms with Crippen molar-refractivity contribution in [2.75, 3.05) is 26.1 Å². The summed E-state index contributed by atoms with van der Waals surface area (Å²) in [4.78, 5) is 15.6. The number of aromatic nitrogens is 4. The molecule has 0 spiro atoms. The second-order valence-corrected chi connectivity index (χ2v) is 3.84. The SMILES string of the molecule is COc1cc(OC)nc(NCCCc2ncc[nH]2)n1. The molecule has 7 nitrogen and oxygen atoms in total. The third-order valence-corrected chi connectivity index (χ3v) is 2.53. The zero-order valence-corrected chi connectivity index (χ0v) is 11.0. The zero-order valence-electron chi connectivity index (χ0n) is 11.0. The van der Waals surface area contributed by atoms with Gasteiger partial charge in [0, 0.05) is 25.4 Å². The molecule has 0 aliphatic carbocycles. The molecule has 19 heavy (non-hydrogen) atoms. The first-order chi connectivity index (χ1) is 9.31. The molecule has 2 aromatic rings. The van der Waals surface area contributed by atoms with Crippen LogP contribution in [0.25, 0.3) is 0 Å². The van der Waals surface area contributed by atoms with Gasteiger partial charge in [-0.3, -0.25) is 0 Å². The minimum atomic E-state index is 0.473. The molecule has 2 heterocycles. The first-order valence-electron chi connectivity index (χ1n) is 6.01. The van der Waals surface area contributed by atoms with Crippen LogP contribution < -0.4 is 14.8 Å². The largest absolute Gasteiger partial charge is 0.481 e. The smallest absolute Gasteiger partial charge is 0.229 e. The van der Waals surface area contributed by atoms with Crippen LogP contribution in [0.15, 0.2) is 18.5 Å². The molecule has 0 aromatic carbocycles. The van der Waals surface area contributed by atoms with E-state index in [4.69, 9.17) is 9.47 Å². The van der Waals surface area contributed by atoms with Gasteiger partial charge < -0.3 is 19.8 Å². The van der Waals surface area contributed by atoms with Crippen LogP contribution in [0.5, 0.6) is 11.8 Å². The summed E-state index contributed by atoms with van der Waals surface area (Å²) in [6, 6.07) is 1.63. The second kappa shape index (κ2) is 6.58. The lowest BCUT2D eigenvalue weighted by Crippen LogP contribution is -2.08. The van der Waals surface area contributed by atoms with Crippen molar-refractivity contribution in [3.8, 4) is 11.8 Å². The topological polar surface area (TPSA) is 85.0 Å². The number of rotatable bonds is 7. The Balaban J connectivity index is 1.84. The molecular weight excluding hydrogens is 246 g/mol. The standard InChI is InChI=1S/C12H17N5O2/c1-18-10-8-11(19-2)17-12(16-10)15-5-3-4-9-13-6-7-14-9/h6-8H,3-5H2,1-2H3,(H,13,14)(H,15,16,17). The molecule has 0 bridgehead atoms. The fourth-order valence-electron chi connectivity index (χ4n) is 1.58. The van der Waals surface area contributed by atoms with Crippen molar-refractivity contribution in [2.45, 2.75) is 12.8 Å². The van der Waals surface area contributed by atoms with Gasteiger partial charge in [-0.05, 0) is 6.42 Å².